The van der Waals surface area contributed by atoms with E-state index in [1.807, 2.05) is 48.0 Å². The summed E-state index contributed by atoms with van der Waals surface area (Å²) in [5.74, 6) is 1.80. The molecule has 28 heavy (non-hydrogen) atoms. The number of rotatable bonds is 5. The minimum Gasteiger partial charge on any atom is -0.497 e. The average molecular weight is 377 g/mol. The zero-order valence-corrected chi connectivity index (χ0v) is 15.9. The van der Waals surface area contributed by atoms with E-state index in [9.17, 15) is 4.39 Å². The summed E-state index contributed by atoms with van der Waals surface area (Å²) in [4.78, 5) is 4.50. The molecule has 0 saturated heterocycles. The fourth-order valence-corrected chi connectivity index (χ4v) is 3.26. The Bertz CT molecular complexity index is 1150. The SMILES string of the molecule is COc1ccc(Nc2cc3c(cn2)cc(-c2cccc(F)c2)n3C)c(OC)c1. The lowest BCUT2D eigenvalue weighted by molar-refractivity contribution is 0.395. The molecule has 0 atom stereocenters. The van der Waals surface area contributed by atoms with Crippen molar-refractivity contribution >= 4 is 22.4 Å². The number of aromatic nitrogens is 2. The topological polar surface area (TPSA) is 48.3 Å². The van der Waals surface area contributed by atoms with Crippen LogP contribution in [0.1, 0.15) is 0 Å². The van der Waals surface area contributed by atoms with Gasteiger partial charge in [-0.2, -0.15) is 0 Å². The van der Waals surface area contributed by atoms with Gasteiger partial charge >= 0.3 is 0 Å². The van der Waals surface area contributed by atoms with Gasteiger partial charge in [0.15, 0.2) is 0 Å². The molecule has 0 fully saturated rings. The molecular weight excluding hydrogens is 357 g/mol. The first kappa shape index (κ1) is 17.9. The highest BCUT2D eigenvalue weighted by Crippen LogP contribution is 2.33. The van der Waals surface area contributed by atoms with Gasteiger partial charge in [0.25, 0.3) is 0 Å². The van der Waals surface area contributed by atoms with E-state index in [4.69, 9.17) is 9.47 Å². The van der Waals surface area contributed by atoms with Gasteiger partial charge in [0.2, 0.25) is 0 Å². The Kier molecular flexibility index (Phi) is 4.61. The molecule has 6 heteroatoms. The number of nitrogens with zero attached hydrogens (tertiary/aromatic N) is 2. The van der Waals surface area contributed by atoms with E-state index < -0.39 is 0 Å². The Morgan fingerprint density at radius 3 is 2.61 bits per heavy atom. The van der Waals surface area contributed by atoms with Gasteiger partial charge in [-0.15, -0.1) is 0 Å². The molecule has 0 radical (unpaired) electrons. The van der Waals surface area contributed by atoms with Gasteiger partial charge in [-0.1, -0.05) is 12.1 Å². The molecule has 4 aromatic rings. The maximum Gasteiger partial charge on any atom is 0.146 e. The van der Waals surface area contributed by atoms with Crippen molar-refractivity contribution in [1.82, 2.24) is 9.55 Å². The van der Waals surface area contributed by atoms with Crippen molar-refractivity contribution in [2.24, 2.45) is 7.05 Å². The monoisotopic (exact) mass is 377 g/mol. The Balaban J connectivity index is 1.72. The predicted molar refractivity (Wildman–Crippen MR) is 109 cm³/mol. The third kappa shape index (κ3) is 3.24. The first-order valence-electron chi connectivity index (χ1n) is 8.79. The molecule has 0 saturated carbocycles. The number of fused-ring (bicyclic) bond motifs is 1. The summed E-state index contributed by atoms with van der Waals surface area (Å²) in [5, 5.41) is 4.27. The van der Waals surface area contributed by atoms with E-state index in [1.54, 1.807) is 26.5 Å². The van der Waals surface area contributed by atoms with Crippen LogP contribution in [0.25, 0.3) is 22.2 Å². The van der Waals surface area contributed by atoms with Gasteiger partial charge in [-0.05, 0) is 30.3 Å². The summed E-state index contributed by atoms with van der Waals surface area (Å²) < 4.78 is 26.3. The first-order chi connectivity index (χ1) is 13.6. The van der Waals surface area contributed by atoms with Gasteiger partial charge in [-0.3, -0.25) is 0 Å². The summed E-state index contributed by atoms with van der Waals surface area (Å²) in [6.07, 6.45) is 1.80. The molecule has 0 spiro atoms. The number of benzene rings is 2. The van der Waals surface area contributed by atoms with Crippen molar-refractivity contribution in [2.45, 2.75) is 0 Å². The van der Waals surface area contributed by atoms with Gasteiger partial charge in [-0.25, -0.2) is 9.37 Å². The van der Waals surface area contributed by atoms with Crippen LogP contribution in [-0.4, -0.2) is 23.8 Å². The quantitative estimate of drug-likeness (QED) is 0.523. The normalized spacial score (nSPS) is 10.9. The number of methoxy groups -OCH3 is 2. The molecule has 0 unspecified atom stereocenters. The highest BCUT2D eigenvalue weighted by atomic mass is 19.1. The maximum absolute atomic E-state index is 13.6. The average Bonchev–Trinajstić information content (AvgIpc) is 3.04. The maximum atomic E-state index is 13.6. The molecular formula is C22H20FN3O2. The van der Waals surface area contributed by atoms with Crippen molar-refractivity contribution in [3.63, 3.8) is 0 Å². The summed E-state index contributed by atoms with van der Waals surface area (Å²) >= 11 is 0. The molecule has 2 heterocycles. The Morgan fingerprint density at radius 2 is 1.86 bits per heavy atom. The molecule has 0 aliphatic carbocycles. The van der Waals surface area contributed by atoms with E-state index in [0.717, 1.165) is 27.8 Å². The van der Waals surface area contributed by atoms with Crippen LogP contribution in [0.3, 0.4) is 0 Å². The lowest BCUT2D eigenvalue weighted by Gasteiger charge is -2.12. The third-order valence-electron chi connectivity index (χ3n) is 4.72. The molecule has 2 aromatic carbocycles. The smallest absolute Gasteiger partial charge is 0.146 e. The van der Waals surface area contributed by atoms with Gasteiger partial charge < -0.3 is 19.4 Å². The van der Waals surface area contributed by atoms with E-state index >= 15 is 0 Å². The highest BCUT2D eigenvalue weighted by molar-refractivity contribution is 5.88. The van der Waals surface area contributed by atoms with Crippen LogP contribution >= 0.6 is 0 Å². The third-order valence-corrected chi connectivity index (χ3v) is 4.72. The van der Waals surface area contributed by atoms with Crippen molar-refractivity contribution < 1.29 is 13.9 Å². The predicted octanol–water partition coefficient (Wildman–Crippen LogP) is 5.14. The van der Waals surface area contributed by atoms with E-state index in [2.05, 4.69) is 10.3 Å². The molecule has 2 aromatic heterocycles. The molecule has 4 rings (SSSR count). The molecule has 5 nitrogen and oxygen atoms in total. The first-order valence-corrected chi connectivity index (χ1v) is 8.79. The van der Waals surface area contributed by atoms with Crippen LogP contribution < -0.4 is 14.8 Å². The molecule has 0 aliphatic heterocycles. The molecule has 0 bridgehead atoms. The Labute approximate surface area is 162 Å². The van der Waals surface area contributed by atoms with Gasteiger partial charge in [0.05, 0.1) is 25.4 Å². The fraction of sp³-hybridized carbons (Fsp3) is 0.136. The minimum absolute atomic E-state index is 0.255. The van der Waals surface area contributed by atoms with Crippen molar-refractivity contribution in [2.75, 3.05) is 19.5 Å². The number of pyridine rings is 1. The van der Waals surface area contributed by atoms with Crippen LogP contribution in [-0.2, 0) is 7.05 Å². The Hall–Kier alpha value is -3.54. The second-order valence-electron chi connectivity index (χ2n) is 6.42. The fourth-order valence-electron chi connectivity index (χ4n) is 3.26. The van der Waals surface area contributed by atoms with Gasteiger partial charge in [0, 0.05) is 42.0 Å². The summed E-state index contributed by atoms with van der Waals surface area (Å²) in [6, 6.07) is 16.1. The lowest BCUT2D eigenvalue weighted by Crippen LogP contribution is -1.98. The molecule has 0 amide bonds. The molecule has 0 aliphatic rings. The summed E-state index contributed by atoms with van der Waals surface area (Å²) in [6.45, 7) is 0. The van der Waals surface area contributed by atoms with E-state index in [-0.39, 0.29) is 5.82 Å². The second kappa shape index (κ2) is 7.23. The molecule has 142 valence electrons. The van der Waals surface area contributed by atoms with Crippen molar-refractivity contribution in [3.05, 3.63) is 66.6 Å². The van der Waals surface area contributed by atoms with Crippen LogP contribution in [0.5, 0.6) is 11.5 Å². The van der Waals surface area contributed by atoms with Crippen LogP contribution in [0.4, 0.5) is 15.9 Å². The zero-order valence-electron chi connectivity index (χ0n) is 15.9. The second-order valence-corrected chi connectivity index (χ2v) is 6.42. The summed E-state index contributed by atoms with van der Waals surface area (Å²) in [5.41, 5.74) is 3.53. The van der Waals surface area contributed by atoms with Crippen molar-refractivity contribution in [3.8, 4) is 22.8 Å². The number of aryl methyl sites for hydroxylation is 1. The van der Waals surface area contributed by atoms with Crippen LogP contribution in [0.15, 0.2) is 60.8 Å². The standard InChI is InChI=1S/C22H20FN3O2/c1-26-19(14-5-4-6-16(23)9-14)10-15-13-24-22(12-20(15)26)25-18-8-7-17(27-2)11-21(18)28-3/h4-13H,1-3H3,(H,24,25). The van der Waals surface area contributed by atoms with Gasteiger partial charge in [0.1, 0.15) is 23.1 Å². The number of hydrogen-bond acceptors (Lipinski definition) is 4. The van der Waals surface area contributed by atoms with E-state index in [0.29, 0.717) is 17.3 Å². The number of anilines is 2. The van der Waals surface area contributed by atoms with Crippen LogP contribution in [0, 0.1) is 5.82 Å². The van der Waals surface area contributed by atoms with Crippen molar-refractivity contribution in [1.29, 1.82) is 0 Å². The Morgan fingerprint density at radius 1 is 1.00 bits per heavy atom. The number of ether oxygens (including phenoxy) is 2. The zero-order chi connectivity index (χ0) is 19.7. The van der Waals surface area contributed by atoms with E-state index in [1.165, 1.54) is 12.1 Å². The summed E-state index contributed by atoms with van der Waals surface area (Å²) in [7, 11) is 5.18. The van der Waals surface area contributed by atoms with Crippen LogP contribution in [0.2, 0.25) is 0 Å². The number of nitrogens with one attached hydrogen (secondary N) is 1. The molecule has 1 N–H and O–H groups in total. The lowest BCUT2D eigenvalue weighted by atomic mass is 10.1. The largest absolute Gasteiger partial charge is 0.497 e. The minimum atomic E-state index is -0.255. The highest BCUT2D eigenvalue weighted by Gasteiger charge is 2.11. The number of hydrogen-bond donors (Lipinski definition) is 1. The number of halogens is 1.